The first-order valence-electron chi connectivity index (χ1n) is 9.90. The molecule has 2 aromatic rings. The number of para-hydroxylation sites is 2. The molecule has 1 aliphatic rings. The zero-order valence-corrected chi connectivity index (χ0v) is 16.6. The number of allylic oxidation sites excluding steroid dienone is 1. The van der Waals surface area contributed by atoms with Gasteiger partial charge in [-0.1, -0.05) is 23.8 Å². The first kappa shape index (κ1) is 19.2. The summed E-state index contributed by atoms with van der Waals surface area (Å²) in [4.78, 5) is 9.14. The number of hydrogen-bond donors (Lipinski definition) is 2. The molecule has 0 unspecified atom stereocenters. The van der Waals surface area contributed by atoms with Crippen LogP contribution in [0.5, 0.6) is 5.75 Å². The van der Waals surface area contributed by atoms with Crippen LogP contribution in [0.4, 0.5) is 17.5 Å². The van der Waals surface area contributed by atoms with Crippen LogP contribution in [0.3, 0.4) is 0 Å². The van der Waals surface area contributed by atoms with Crippen LogP contribution >= 0.6 is 0 Å². The number of benzene rings is 1. The van der Waals surface area contributed by atoms with Crippen LogP contribution in [-0.4, -0.2) is 22.6 Å². The van der Waals surface area contributed by atoms with Gasteiger partial charge in [0.25, 0.3) is 0 Å². The number of anilines is 3. The molecule has 0 radical (unpaired) electrons. The smallest absolute Gasteiger partial charge is 0.224 e. The lowest BCUT2D eigenvalue weighted by atomic mass is 9.97. The highest BCUT2D eigenvalue weighted by atomic mass is 16.5. The van der Waals surface area contributed by atoms with E-state index in [4.69, 9.17) is 4.74 Å². The lowest BCUT2D eigenvalue weighted by Gasteiger charge is -2.16. The number of aryl methyl sites for hydroxylation is 1. The Bertz CT molecular complexity index is 786. The van der Waals surface area contributed by atoms with Gasteiger partial charge in [-0.05, 0) is 65.0 Å². The highest BCUT2D eigenvalue weighted by Crippen LogP contribution is 2.28. The fraction of sp³-hybridized carbons (Fsp3) is 0.455. The van der Waals surface area contributed by atoms with E-state index in [1.165, 1.54) is 25.7 Å². The molecule has 0 saturated carbocycles. The van der Waals surface area contributed by atoms with Crippen molar-refractivity contribution in [3.05, 3.63) is 47.7 Å². The molecule has 27 heavy (non-hydrogen) atoms. The molecule has 5 heteroatoms. The molecule has 1 aromatic carbocycles. The molecule has 0 aliphatic heterocycles. The summed E-state index contributed by atoms with van der Waals surface area (Å²) in [6, 6.07) is 9.87. The zero-order valence-electron chi connectivity index (χ0n) is 16.6. The summed E-state index contributed by atoms with van der Waals surface area (Å²) in [6.07, 6.45) is 8.67. The number of nitrogens with zero attached hydrogens (tertiary/aromatic N) is 2. The molecular weight excluding hydrogens is 336 g/mol. The standard InChI is InChI=1S/C22H30N4O/c1-16(2)27-20-12-8-7-11-19(20)25-21-15-17(3)24-22(26-21)23-14-13-18-9-5-4-6-10-18/h7-9,11-12,15-16H,4-6,10,13-14H2,1-3H3,(H2,23,24,25,26). The third-order valence-corrected chi connectivity index (χ3v) is 4.48. The molecule has 0 spiro atoms. The first-order valence-corrected chi connectivity index (χ1v) is 9.90. The number of aromatic nitrogens is 2. The average Bonchev–Trinajstić information content (AvgIpc) is 2.63. The molecule has 2 N–H and O–H groups in total. The van der Waals surface area contributed by atoms with E-state index < -0.39 is 0 Å². The minimum atomic E-state index is 0.117. The van der Waals surface area contributed by atoms with E-state index in [0.717, 1.165) is 35.9 Å². The average molecular weight is 367 g/mol. The van der Waals surface area contributed by atoms with Crippen LogP contribution in [-0.2, 0) is 0 Å². The maximum atomic E-state index is 5.88. The number of nitrogens with one attached hydrogen (secondary N) is 2. The zero-order chi connectivity index (χ0) is 19.1. The summed E-state index contributed by atoms with van der Waals surface area (Å²) in [7, 11) is 0. The number of rotatable bonds is 8. The largest absolute Gasteiger partial charge is 0.489 e. The quantitative estimate of drug-likeness (QED) is 0.594. The lowest BCUT2D eigenvalue weighted by molar-refractivity contribution is 0.244. The molecule has 5 nitrogen and oxygen atoms in total. The van der Waals surface area contributed by atoms with Gasteiger partial charge in [0.1, 0.15) is 11.6 Å². The maximum absolute atomic E-state index is 5.88. The molecule has 0 amide bonds. The Labute approximate surface area is 162 Å². The number of hydrogen-bond acceptors (Lipinski definition) is 5. The van der Waals surface area contributed by atoms with Crippen molar-refractivity contribution in [2.24, 2.45) is 0 Å². The van der Waals surface area contributed by atoms with Gasteiger partial charge in [-0.2, -0.15) is 4.98 Å². The van der Waals surface area contributed by atoms with Crippen molar-refractivity contribution in [1.29, 1.82) is 0 Å². The van der Waals surface area contributed by atoms with Crippen LogP contribution in [0, 0.1) is 6.92 Å². The van der Waals surface area contributed by atoms with Crippen LogP contribution in [0.15, 0.2) is 42.0 Å². The second-order valence-electron chi connectivity index (χ2n) is 7.29. The molecule has 1 aromatic heterocycles. The van der Waals surface area contributed by atoms with Gasteiger partial charge in [-0.15, -0.1) is 0 Å². The second-order valence-corrected chi connectivity index (χ2v) is 7.29. The maximum Gasteiger partial charge on any atom is 0.224 e. The Hall–Kier alpha value is -2.56. The monoisotopic (exact) mass is 366 g/mol. The Balaban J connectivity index is 1.66. The Morgan fingerprint density at radius 3 is 2.78 bits per heavy atom. The molecule has 1 aliphatic carbocycles. The summed E-state index contributed by atoms with van der Waals surface area (Å²) < 4.78 is 5.88. The fourth-order valence-electron chi connectivity index (χ4n) is 3.24. The van der Waals surface area contributed by atoms with Crippen LogP contribution in [0.25, 0.3) is 0 Å². The predicted octanol–water partition coefficient (Wildman–Crippen LogP) is 5.62. The fourth-order valence-corrected chi connectivity index (χ4v) is 3.24. The third-order valence-electron chi connectivity index (χ3n) is 4.48. The SMILES string of the molecule is Cc1cc(Nc2ccccc2OC(C)C)nc(NCCC2=CCCCC2)n1. The minimum Gasteiger partial charge on any atom is -0.489 e. The summed E-state index contributed by atoms with van der Waals surface area (Å²) in [6.45, 7) is 6.89. The van der Waals surface area contributed by atoms with E-state index in [-0.39, 0.29) is 6.10 Å². The molecular formula is C22H30N4O. The molecule has 0 bridgehead atoms. The molecule has 1 heterocycles. The summed E-state index contributed by atoms with van der Waals surface area (Å²) in [5, 5.41) is 6.74. The van der Waals surface area contributed by atoms with Crippen LogP contribution in [0.2, 0.25) is 0 Å². The van der Waals surface area contributed by atoms with E-state index in [0.29, 0.717) is 5.95 Å². The van der Waals surface area contributed by atoms with E-state index in [9.17, 15) is 0 Å². The molecule has 3 rings (SSSR count). The molecule has 144 valence electrons. The molecule has 0 fully saturated rings. The highest BCUT2D eigenvalue weighted by molar-refractivity contribution is 5.64. The number of ether oxygens (including phenoxy) is 1. The predicted molar refractivity (Wildman–Crippen MR) is 112 cm³/mol. The van der Waals surface area contributed by atoms with E-state index in [2.05, 4.69) is 26.7 Å². The normalized spacial score (nSPS) is 14.0. The van der Waals surface area contributed by atoms with Gasteiger partial charge < -0.3 is 15.4 Å². The van der Waals surface area contributed by atoms with Crippen molar-refractivity contribution in [3.8, 4) is 5.75 Å². The molecule has 0 atom stereocenters. The van der Waals surface area contributed by atoms with Gasteiger partial charge >= 0.3 is 0 Å². The van der Waals surface area contributed by atoms with Crippen LogP contribution < -0.4 is 15.4 Å². The Morgan fingerprint density at radius 2 is 2.00 bits per heavy atom. The van der Waals surface area contributed by atoms with Gasteiger partial charge in [0.2, 0.25) is 5.95 Å². The lowest BCUT2D eigenvalue weighted by Crippen LogP contribution is -2.10. The summed E-state index contributed by atoms with van der Waals surface area (Å²) in [5.41, 5.74) is 3.39. The van der Waals surface area contributed by atoms with Crippen molar-refractivity contribution < 1.29 is 4.74 Å². The van der Waals surface area contributed by atoms with Crippen molar-refractivity contribution in [1.82, 2.24) is 9.97 Å². The Kier molecular flexibility index (Phi) is 6.69. The van der Waals surface area contributed by atoms with E-state index in [1.54, 1.807) is 5.57 Å². The second kappa shape index (κ2) is 9.40. The van der Waals surface area contributed by atoms with Gasteiger partial charge in [0, 0.05) is 18.3 Å². The van der Waals surface area contributed by atoms with Crippen LogP contribution in [0.1, 0.15) is 51.6 Å². The minimum absolute atomic E-state index is 0.117. The van der Waals surface area contributed by atoms with Gasteiger partial charge in [0.05, 0.1) is 11.8 Å². The van der Waals surface area contributed by atoms with Crippen molar-refractivity contribution in [2.45, 2.75) is 59.0 Å². The van der Waals surface area contributed by atoms with E-state index >= 15 is 0 Å². The van der Waals surface area contributed by atoms with Crippen molar-refractivity contribution in [3.63, 3.8) is 0 Å². The third kappa shape index (κ3) is 5.98. The molecule has 0 saturated heterocycles. The van der Waals surface area contributed by atoms with Gasteiger partial charge in [-0.3, -0.25) is 0 Å². The topological polar surface area (TPSA) is 59.1 Å². The van der Waals surface area contributed by atoms with Crippen molar-refractivity contribution in [2.75, 3.05) is 17.2 Å². The van der Waals surface area contributed by atoms with E-state index in [1.807, 2.05) is 51.1 Å². The van der Waals surface area contributed by atoms with Crippen molar-refractivity contribution >= 4 is 17.5 Å². The summed E-state index contributed by atoms with van der Waals surface area (Å²) >= 11 is 0. The summed E-state index contributed by atoms with van der Waals surface area (Å²) in [5.74, 6) is 2.25. The van der Waals surface area contributed by atoms with Gasteiger partial charge in [-0.25, -0.2) is 4.98 Å². The first-order chi connectivity index (χ1) is 13.1. The highest BCUT2D eigenvalue weighted by Gasteiger charge is 2.09. The Morgan fingerprint density at radius 1 is 1.15 bits per heavy atom. The van der Waals surface area contributed by atoms with Gasteiger partial charge in [0.15, 0.2) is 0 Å².